The Morgan fingerprint density at radius 3 is 2.35 bits per heavy atom. The first-order valence-electron chi connectivity index (χ1n) is 9.59. The number of carbonyl (C=O) groups excluding carboxylic acids is 2. The lowest BCUT2D eigenvalue weighted by Crippen LogP contribution is -2.37. The van der Waals surface area contributed by atoms with E-state index in [2.05, 4.69) is 10.3 Å². The molecule has 0 unspecified atom stereocenters. The van der Waals surface area contributed by atoms with Crippen molar-refractivity contribution in [1.29, 1.82) is 0 Å². The number of ether oxygens (including phenoxy) is 1. The molecule has 5 rings (SSSR count). The monoisotopic (exact) mass is 415 g/mol. The van der Waals surface area contributed by atoms with E-state index in [0.29, 0.717) is 33.8 Å². The minimum Gasteiger partial charge on any atom is -0.465 e. The second kappa shape index (κ2) is 6.66. The summed E-state index contributed by atoms with van der Waals surface area (Å²) in [4.78, 5) is 52.6. The van der Waals surface area contributed by atoms with Gasteiger partial charge in [-0.25, -0.2) is 9.59 Å². The molecule has 2 aliphatic rings. The van der Waals surface area contributed by atoms with Crippen LogP contribution >= 0.6 is 0 Å². The molecule has 0 saturated carbocycles. The molecule has 2 aromatic carbocycles. The Kier molecular flexibility index (Phi) is 4.04. The number of benzene rings is 2. The van der Waals surface area contributed by atoms with Crippen LogP contribution in [0.25, 0.3) is 5.70 Å². The number of allylic oxidation sites excluding steroid dienone is 1. The van der Waals surface area contributed by atoms with E-state index in [9.17, 15) is 19.2 Å². The third kappa shape index (κ3) is 2.61. The third-order valence-corrected chi connectivity index (χ3v) is 5.80. The Morgan fingerprint density at radius 2 is 1.68 bits per heavy atom. The molecule has 1 aliphatic heterocycles. The largest absolute Gasteiger partial charge is 0.465 e. The van der Waals surface area contributed by atoms with Gasteiger partial charge in [-0.1, -0.05) is 36.4 Å². The zero-order valence-corrected chi connectivity index (χ0v) is 16.7. The van der Waals surface area contributed by atoms with Gasteiger partial charge in [0, 0.05) is 29.7 Å². The van der Waals surface area contributed by atoms with Crippen molar-refractivity contribution in [2.45, 2.75) is 5.92 Å². The van der Waals surface area contributed by atoms with Gasteiger partial charge in [-0.2, -0.15) is 0 Å². The first-order valence-corrected chi connectivity index (χ1v) is 9.59. The number of Topliss-reactive ketones (excluding diaryl/α,β-unsaturated/α-hetero) is 1. The number of nitrogens with one attached hydrogen (secondary N) is 2. The van der Waals surface area contributed by atoms with E-state index in [1.54, 1.807) is 43.4 Å². The SMILES string of the molecule is COC(=O)c1ccc([C@@H]2C3=C(Nc4c2c(=O)[nH]c(=O)n4C)c2ccccc2C3=O)cc1. The number of methoxy groups -OCH3 is 1. The highest BCUT2D eigenvalue weighted by atomic mass is 16.5. The molecule has 1 aliphatic carbocycles. The smallest absolute Gasteiger partial charge is 0.337 e. The van der Waals surface area contributed by atoms with E-state index < -0.39 is 23.1 Å². The minimum atomic E-state index is -0.714. The van der Waals surface area contributed by atoms with E-state index in [4.69, 9.17) is 4.74 Å². The topological polar surface area (TPSA) is 110 Å². The lowest BCUT2D eigenvalue weighted by atomic mass is 9.81. The summed E-state index contributed by atoms with van der Waals surface area (Å²) >= 11 is 0. The number of ketones is 1. The summed E-state index contributed by atoms with van der Waals surface area (Å²) in [6.07, 6.45) is 0. The molecule has 1 atom stereocenters. The number of H-pyrrole nitrogens is 1. The molecule has 3 aromatic rings. The van der Waals surface area contributed by atoms with Crippen LogP contribution in [0.3, 0.4) is 0 Å². The molecule has 1 aromatic heterocycles. The lowest BCUT2D eigenvalue weighted by molar-refractivity contribution is 0.0600. The second-order valence-electron chi connectivity index (χ2n) is 7.42. The van der Waals surface area contributed by atoms with Gasteiger partial charge < -0.3 is 10.1 Å². The zero-order chi connectivity index (χ0) is 21.9. The summed E-state index contributed by atoms with van der Waals surface area (Å²) in [5, 5.41) is 3.16. The van der Waals surface area contributed by atoms with Crippen LogP contribution in [0.4, 0.5) is 5.82 Å². The molecule has 0 radical (unpaired) electrons. The fourth-order valence-electron chi connectivity index (χ4n) is 4.30. The maximum absolute atomic E-state index is 13.4. The summed E-state index contributed by atoms with van der Waals surface area (Å²) in [6.45, 7) is 0. The second-order valence-corrected chi connectivity index (χ2v) is 7.42. The zero-order valence-electron chi connectivity index (χ0n) is 16.7. The molecule has 154 valence electrons. The van der Waals surface area contributed by atoms with Crippen molar-refractivity contribution in [1.82, 2.24) is 9.55 Å². The molecule has 8 heteroatoms. The summed E-state index contributed by atoms with van der Waals surface area (Å²) < 4.78 is 6.07. The number of aromatic amines is 1. The van der Waals surface area contributed by atoms with Crippen LogP contribution in [-0.2, 0) is 11.8 Å². The van der Waals surface area contributed by atoms with Crippen molar-refractivity contribution < 1.29 is 14.3 Å². The van der Waals surface area contributed by atoms with Gasteiger partial charge in [-0.05, 0) is 17.7 Å². The molecular weight excluding hydrogens is 398 g/mol. The molecule has 31 heavy (non-hydrogen) atoms. The number of fused-ring (bicyclic) bond motifs is 3. The van der Waals surface area contributed by atoms with E-state index in [0.717, 1.165) is 5.56 Å². The number of rotatable bonds is 2. The molecule has 8 nitrogen and oxygen atoms in total. The number of carbonyl (C=O) groups is 2. The average Bonchev–Trinajstić information content (AvgIpc) is 3.08. The minimum absolute atomic E-state index is 0.181. The van der Waals surface area contributed by atoms with Crippen molar-refractivity contribution in [3.05, 3.63) is 103 Å². The van der Waals surface area contributed by atoms with Crippen LogP contribution in [0.15, 0.2) is 63.7 Å². The van der Waals surface area contributed by atoms with Gasteiger partial charge in [0.15, 0.2) is 5.78 Å². The van der Waals surface area contributed by atoms with Gasteiger partial charge in [-0.15, -0.1) is 0 Å². The third-order valence-electron chi connectivity index (χ3n) is 5.80. The van der Waals surface area contributed by atoms with E-state index in [-0.39, 0.29) is 11.3 Å². The van der Waals surface area contributed by atoms with Crippen LogP contribution in [0.5, 0.6) is 0 Å². The molecule has 2 N–H and O–H groups in total. The van der Waals surface area contributed by atoms with E-state index in [1.807, 2.05) is 12.1 Å². The molecule has 0 saturated heterocycles. The maximum atomic E-state index is 13.4. The highest BCUT2D eigenvalue weighted by molar-refractivity contribution is 6.23. The Bertz CT molecular complexity index is 1430. The quantitative estimate of drug-likeness (QED) is 0.620. The molecule has 0 bridgehead atoms. The van der Waals surface area contributed by atoms with Crippen molar-refractivity contribution in [3.8, 4) is 0 Å². The predicted octanol–water partition coefficient (Wildman–Crippen LogP) is 2.03. The van der Waals surface area contributed by atoms with Gasteiger partial charge in [0.05, 0.1) is 23.9 Å². The number of esters is 1. The Hall–Kier alpha value is -4.20. The van der Waals surface area contributed by atoms with Crippen molar-refractivity contribution in [2.75, 3.05) is 12.4 Å². The van der Waals surface area contributed by atoms with Gasteiger partial charge in [-0.3, -0.25) is 19.1 Å². The van der Waals surface area contributed by atoms with Crippen LogP contribution in [0, 0.1) is 0 Å². The molecule has 0 fully saturated rings. The summed E-state index contributed by atoms with van der Waals surface area (Å²) in [5.74, 6) is -1.05. The molecule has 0 spiro atoms. The fraction of sp³-hybridized carbons (Fsp3) is 0.130. The molecular formula is C23H17N3O5. The Labute approximate surface area is 175 Å². The van der Waals surface area contributed by atoms with Crippen LogP contribution in [0.2, 0.25) is 0 Å². The van der Waals surface area contributed by atoms with Crippen LogP contribution < -0.4 is 16.6 Å². The van der Waals surface area contributed by atoms with Crippen molar-refractivity contribution in [3.63, 3.8) is 0 Å². The number of aromatic nitrogens is 2. The fourth-order valence-corrected chi connectivity index (χ4v) is 4.30. The summed E-state index contributed by atoms with van der Waals surface area (Å²) in [6, 6.07) is 13.7. The number of anilines is 1. The average molecular weight is 415 g/mol. The first-order chi connectivity index (χ1) is 14.9. The lowest BCUT2D eigenvalue weighted by Gasteiger charge is -2.29. The highest BCUT2D eigenvalue weighted by Gasteiger charge is 2.42. The van der Waals surface area contributed by atoms with Crippen molar-refractivity contribution in [2.24, 2.45) is 7.05 Å². The normalized spacial score (nSPS) is 16.3. The Morgan fingerprint density at radius 1 is 1.00 bits per heavy atom. The van der Waals surface area contributed by atoms with Crippen LogP contribution in [0.1, 0.15) is 43.3 Å². The maximum Gasteiger partial charge on any atom is 0.337 e. The summed E-state index contributed by atoms with van der Waals surface area (Å²) in [7, 11) is 2.85. The van der Waals surface area contributed by atoms with Gasteiger partial charge in [0.2, 0.25) is 0 Å². The van der Waals surface area contributed by atoms with Crippen LogP contribution in [-0.4, -0.2) is 28.4 Å². The van der Waals surface area contributed by atoms with Gasteiger partial charge in [0.25, 0.3) is 5.56 Å². The van der Waals surface area contributed by atoms with Gasteiger partial charge in [0.1, 0.15) is 5.82 Å². The molecule has 0 amide bonds. The number of hydrogen-bond donors (Lipinski definition) is 2. The first kappa shape index (κ1) is 18.8. The highest BCUT2D eigenvalue weighted by Crippen LogP contribution is 2.47. The van der Waals surface area contributed by atoms with E-state index in [1.165, 1.54) is 11.7 Å². The predicted molar refractivity (Wildman–Crippen MR) is 113 cm³/mol. The number of hydrogen-bond acceptors (Lipinski definition) is 6. The summed E-state index contributed by atoms with van der Waals surface area (Å²) in [5.41, 5.74) is 2.41. The number of nitrogens with zero attached hydrogens (tertiary/aromatic N) is 1. The van der Waals surface area contributed by atoms with Crippen molar-refractivity contribution >= 4 is 23.3 Å². The van der Waals surface area contributed by atoms with Gasteiger partial charge >= 0.3 is 11.7 Å². The van der Waals surface area contributed by atoms with E-state index >= 15 is 0 Å². The molecule has 2 heterocycles. The standard InChI is InChI=1S/C23H17N3O5/c1-26-20-17(21(28)25-23(26)30)15(11-7-9-12(10-8-11)22(29)31-2)16-18(24-20)13-5-3-4-6-14(13)19(16)27/h3-10,15,24H,1-2H3,(H,25,28,30)/t15-/m1/s1. The Balaban J connectivity index is 1.79.